The molecule has 0 aromatic carbocycles. The number of nitrogens with zero attached hydrogens (tertiary/aromatic N) is 1. The summed E-state index contributed by atoms with van der Waals surface area (Å²) in [5.74, 6) is -1.05. The summed E-state index contributed by atoms with van der Waals surface area (Å²) in [6.45, 7) is 1.29. The Balaban J connectivity index is 4.09. The monoisotopic (exact) mass is 268 g/mol. The molecule has 0 heterocycles. The van der Waals surface area contributed by atoms with E-state index in [0.29, 0.717) is 6.61 Å². The highest BCUT2D eigenvalue weighted by Gasteiger charge is 2.17. The summed E-state index contributed by atoms with van der Waals surface area (Å²) in [7, 11) is 1.23. The number of hydrogen-bond donors (Lipinski definition) is 2. The van der Waals surface area contributed by atoms with Crippen LogP contribution in [0.4, 0.5) is 13.6 Å². The van der Waals surface area contributed by atoms with Crippen LogP contribution in [0, 0.1) is 0 Å². The van der Waals surface area contributed by atoms with Crippen molar-refractivity contribution < 1.29 is 28.2 Å². The topological polar surface area (TPSA) is 78.9 Å². The Bertz CT molecular complexity index is 277. The van der Waals surface area contributed by atoms with Crippen molar-refractivity contribution in [2.45, 2.75) is 25.9 Å². The van der Waals surface area contributed by atoms with Crippen molar-refractivity contribution in [1.82, 2.24) is 10.2 Å². The quantitative estimate of drug-likeness (QED) is 0.681. The Labute approximate surface area is 104 Å². The van der Waals surface area contributed by atoms with Gasteiger partial charge in [-0.25, -0.2) is 13.6 Å². The third kappa shape index (κ3) is 7.77. The minimum atomic E-state index is -2.61. The predicted octanol–water partition coefficient (Wildman–Crippen LogP) is 0.773. The Morgan fingerprint density at radius 2 is 2.06 bits per heavy atom. The Morgan fingerprint density at radius 1 is 1.44 bits per heavy atom. The van der Waals surface area contributed by atoms with Gasteiger partial charge in [0.2, 0.25) is 0 Å². The number of nitrogens with one attached hydrogen (secondary N) is 1. The van der Waals surface area contributed by atoms with E-state index < -0.39 is 31.1 Å². The van der Waals surface area contributed by atoms with Gasteiger partial charge in [-0.3, -0.25) is 4.79 Å². The molecule has 0 saturated carbocycles. The summed E-state index contributed by atoms with van der Waals surface area (Å²) in [6, 6.07) is -0.689. The van der Waals surface area contributed by atoms with E-state index in [1.54, 1.807) is 6.92 Å². The van der Waals surface area contributed by atoms with Gasteiger partial charge in [0.05, 0.1) is 19.1 Å². The highest BCUT2D eigenvalue weighted by Crippen LogP contribution is 1.99. The summed E-state index contributed by atoms with van der Waals surface area (Å²) >= 11 is 0. The summed E-state index contributed by atoms with van der Waals surface area (Å²) in [5.41, 5.74) is 0. The van der Waals surface area contributed by atoms with E-state index in [-0.39, 0.29) is 13.0 Å². The minimum Gasteiger partial charge on any atom is -0.481 e. The molecule has 0 aromatic heterocycles. The molecular weight excluding hydrogens is 250 g/mol. The lowest BCUT2D eigenvalue weighted by atomic mass is 10.2. The largest absolute Gasteiger partial charge is 0.481 e. The van der Waals surface area contributed by atoms with E-state index in [9.17, 15) is 18.4 Å². The number of carboxylic acids is 1. The van der Waals surface area contributed by atoms with E-state index in [1.807, 2.05) is 0 Å². The van der Waals surface area contributed by atoms with E-state index in [4.69, 9.17) is 9.84 Å². The third-order valence-corrected chi connectivity index (χ3v) is 2.04. The van der Waals surface area contributed by atoms with Crippen molar-refractivity contribution in [2.75, 3.05) is 26.7 Å². The third-order valence-electron chi connectivity index (χ3n) is 2.04. The first-order valence-corrected chi connectivity index (χ1v) is 5.47. The van der Waals surface area contributed by atoms with E-state index in [1.165, 1.54) is 7.05 Å². The molecule has 0 fully saturated rings. The normalized spacial score (nSPS) is 12.3. The predicted molar refractivity (Wildman–Crippen MR) is 59.7 cm³/mol. The second-order valence-corrected chi connectivity index (χ2v) is 3.63. The van der Waals surface area contributed by atoms with Crippen LogP contribution >= 0.6 is 0 Å². The second kappa shape index (κ2) is 8.62. The van der Waals surface area contributed by atoms with Crippen LogP contribution in [-0.2, 0) is 9.53 Å². The minimum absolute atomic E-state index is 0.0352. The zero-order valence-electron chi connectivity index (χ0n) is 10.4. The molecule has 8 heteroatoms. The van der Waals surface area contributed by atoms with Crippen molar-refractivity contribution in [3.63, 3.8) is 0 Å². The molecule has 0 aliphatic rings. The van der Waals surface area contributed by atoms with Gasteiger partial charge in [-0.2, -0.15) is 0 Å². The summed E-state index contributed by atoms with van der Waals surface area (Å²) in [6.07, 6.45) is -3.54. The summed E-state index contributed by atoms with van der Waals surface area (Å²) in [5, 5.41) is 10.9. The van der Waals surface area contributed by atoms with Gasteiger partial charge in [-0.05, 0) is 6.92 Å². The van der Waals surface area contributed by atoms with E-state index in [0.717, 1.165) is 4.90 Å². The number of urea groups is 1. The number of rotatable bonds is 8. The molecule has 1 unspecified atom stereocenters. The lowest BCUT2D eigenvalue weighted by Gasteiger charge is -2.20. The van der Waals surface area contributed by atoms with Crippen LogP contribution in [0.5, 0.6) is 0 Å². The summed E-state index contributed by atoms with van der Waals surface area (Å²) in [4.78, 5) is 22.7. The molecule has 0 rings (SSSR count). The van der Waals surface area contributed by atoms with Crippen molar-refractivity contribution >= 4 is 12.0 Å². The van der Waals surface area contributed by atoms with Gasteiger partial charge in [0, 0.05) is 20.2 Å². The first-order chi connectivity index (χ1) is 8.36. The maximum atomic E-state index is 12.0. The number of halogens is 2. The summed E-state index contributed by atoms with van der Waals surface area (Å²) < 4.78 is 29.1. The van der Waals surface area contributed by atoms with Crippen LogP contribution in [0.2, 0.25) is 0 Å². The van der Waals surface area contributed by atoms with Gasteiger partial charge in [0.15, 0.2) is 0 Å². The average Bonchev–Trinajstić information content (AvgIpc) is 2.24. The first-order valence-electron chi connectivity index (χ1n) is 5.47. The molecule has 0 aliphatic carbocycles. The van der Waals surface area contributed by atoms with Gasteiger partial charge < -0.3 is 20.1 Å². The van der Waals surface area contributed by atoms with Gasteiger partial charge in [0.1, 0.15) is 0 Å². The van der Waals surface area contributed by atoms with Crippen molar-refractivity contribution in [3.8, 4) is 0 Å². The lowest BCUT2D eigenvalue weighted by molar-refractivity contribution is -0.140. The van der Waals surface area contributed by atoms with Gasteiger partial charge in [0.25, 0.3) is 6.43 Å². The maximum absolute atomic E-state index is 12.0. The zero-order chi connectivity index (χ0) is 14.1. The molecule has 1 atom stereocenters. The smallest absolute Gasteiger partial charge is 0.317 e. The molecule has 2 N–H and O–H groups in total. The highest BCUT2D eigenvalue weighted by molar-refractivity contribution is 5.74. The Kier molecular flexibility index (Phi) is 7.93. The van der Waals surface area contributed by atoms with E-state index >= 15 is 0 Å². The molecule has 6 nitrogen and oxygen atoms in total. The Hall–Kier alpha value is -1.44. The average molecular weight is 268 g/mol. The number of ether oxygens (including phenoxy) is 1. The molecule has 0 spiro atoms. The van der Waals surface area contributed by atoms with Crippen LogP contribution < -0.4 is 5.32 Å². The number of carbonyl (C=O) groups excluding carboxylic acids is 1. The number of hydrogen-bond acceptors (Lipinski definition) is 3. The molecule has 0 saturated heterocycles. The number of aliphatic carboxylic acids is 1. The fraction of sp³-hybridized carbons (Fsp3) is 0.800. The highest BCUT2D eigenvalue weighted by atomic mass is 19.3. The molecule has 0 aromatic rings. The number of alkyl halides is 2. The SMILES string of the molecule is CCOC(CNC(=O)N(C)CC(F)F)CC(=O)O. The van der Waals surface area contributed by atoms with Crippen molar-refractivity contribution in [1.29, 1.82) is 0 Å². The van der Waals surface area contributed by atoms with Crippen LogP contribution in [-0.4, -0.2) is 61.3 Å². The van der Waals surface area contributed by atoms with Crippen molar-refractivity contribution in [2.24, 2.45) is 0 Å². The number of amides is 2. The standard InChI is InChI=1S/C10H18F2N2O4/c1-3-18-7(4-9(15)16)5-13-10(17)14(2)6-8(11)12/h7-8H,3-6H2,1-2H3,(H,13,17)(H,15,16). The molecule has 18 heavy (non-hydrogen) atoms. The lowest BCUT2D eigenvalue weighted by Crippen LogP contribution is -2.43. The fourth-order valence-electron chi connectivity index (χ4n) is 1.25. The van der Waals surface area contributed by atoms with Crippen molar-refractivity contribution in [3.05, 3.63) is 0 Å². The molecule has 2 amide bonds. The van der Waals surface area contributed by atoms with Crippen LogP contribution in [0.25, 0.3) is 0 Å². The van der Waals surface area contributed by atoms with Crippen LogP contribution in [0.1, 0.15) is 13.3 Å². The van der Waals surface area contributed by atoms with Gasteiger partial charge >= 0.3 is 12.0 Å². The number of carboxylic acid groups (broad SMARTS) is 1. The molecular formula is C10H18F2N2O4. The maximum Gasteiger partial charge on any atom is 0.317 e. The Morgan fingerprint density at radius 3 is 2.50 bits per heavy atom. The molecule has 0 bridgehead atoms. The first kappa shape index (κ1) is 16.6. The number of carbonyl (C=O) groups is 2. The van der Waals surface area contributed by atoms with Gasteiger partial charge in [-0.15, -0.1) is 0 Å². The second-order valence-electron chi connectivity index (χ2n) is 3.63. The van der Waals surface area contributed by atoms with Gasteiger partial charge in [-0.1, -0.05) is 0 Å². The molecule has 0 aliphatic heterocycles. The molecule has 106 valence electrons. The van der Waals surface area contributed by atoms with Crippen LogP contribution in [0.15, 0.2) is 0 Å². The molecule has 0 radical (unpaired) electrons. The fourth-order valence-corrected chi connectivity index (χ4v) is 1.25. The zero-order valence-corrected chi connectivity index (χ0v) is 10.4. The van der Waals surface area contributed by atoms with E-state index in [2.05, 4.69) is 5.32 Å². The van der Waals surface area contributed by atoms with Crippen LogP contribution in [0.3, 0.4) is 0 Å².